The Labute approximate surface area is 229 Å². The average Bonchev–Trinajstić information content (AvgIpc) is 2.83. The van der Waals surface area contributed by atoms with E-state index in [0.717, 1.165) is 42.4 Å². The van der Waals surface area contributed by atoms with Crippen molar-refractivity contribution in [1.29, 1.82) is 0 Å². The largest absolute Gasteiger partial charge is 1.00 e. The van der Waals surface area contributed by atoms with Crippen LogP contribution in [0.25, 0.3) is 11.1 Å². The molecule has 4 nitrogen and oxygen atoms in total. The van der Waals surface area contributed by atoms with Gasteiger partial charge in [-0.15, -0.1) is 0 Å². The topological polar surface area (TPSA) is 60.4 Å². The number of carboxylic acid groups (broad SMARTS) is 1. The summed E-state index contributed by atoms with van der Waals surface area (Å²) in [6.45, 7) is 4.75. The van der Waals surface area contributed by atoms with Crippen LogP contribution in [0.1, 0.15) is 65.8 Å². The summed E-state index contributed by atoms with van der Waals surface area (Å²) in [6.07, 6.45) is 3.84. The van der Waals surface area contributed by atoms with E-state index in [4.69, 9.17) is 11.6 Å². The standard InChI is InChI=1S/C28H30ClNO3.Na/c1-3-7-26(8-4-2)30(27(31)21-13-15-25(29)16-14-21)19-20-9-5-10-22(17-20)23-11-6-12-24(18-23)28(32)33;/h5-6,9-18,26H,3-4,7-8,19H2,1-2H3,(H,32,33);/q;+1/p-1. The van der Waals surface area contributed by atoms with Crippen molar-refractivity contribution in [1.82, 2.24) is 4.90 Å². The van der Waals surface area contributed by atoms with Crippen molar-refractivity contribution in [2.45, 2.75) is 52.1 Å². The SMILES string of the molecule is CCCC(CCC)N(Cc1cccc(-c2cccc(C(=O)[O-])c2)c1)C(=O)c1ccc(Cl)cc1.[Na+]. The summed E-state index contributed by atoms with van der Waals surface area (Å²) in [5, 5.41) is 11.9. The normalized spacial score (nSPS) is 10.6. The maximum absolute atomic E-state index is 13.5. The molecule has 3 rings (SSSR count). The first kappa shape index (κ1) is 28.1. The number of hydrogen-bond donors (Lipinski definition) is 0. The second-order valence-corrected chi connectivity index (χ2v) is 8.68. The van der Waals surface area contributed by atoms with Crippen LogP contribution >= 0.6 is 11.6 Å². The molecule has 0 saturated heterocycles. The van der Waals surface area contributed by atoms with E-state index in [1.165, 1.54) is 6.07 Å². The van der Waals surface area contributed by atoms with Crippen LogP contribution in [0.2, 0.25) is 5.02 Å². The van der Waals surface area contributed by atoms with Gasteiger partial charge in [-0.05, 0) is 71.5 Å². The van der Waals surface area contributed by atoms with E-state index in [1.54, 1.807) is 36.4 Å². The summed E-state index contributed by atoms with van der Waals surface area (Å²) in [5.74, 6) is -1.21. The molecule has 0 fully saturated rings. The molecular formula is C28H29ClNNaO3. The Morgan fingerprint density at radius 1 is 0.853 bits per heavy atom. The minimum absolute atomic E-state index is 0. The van der Waals surface area contributed by atoms with Gasteiger partial charge in [0, 0.05) is 23.2 Å². The number of hydrogen-bond acceptors (Lipinski definition) is 3. The molecule has 0 aromatic heterocycles. The van der Waals surface area contributed by atoms with Gasteiger partial charge in [-0.3, -0.25) is 4.79 Å². The second-order valence-electron chi connectivity index (χ2n) is 8.24. The van der Waals surface area contributed by atoms with E-state index < -0.39 is 5.97 Å². The molecule has 0 saturated carbocycles. The van der Waals surface area contributed by atoms with Crippen molar-refractivity contribution >= 4 is 23.5 Å². The van der Waals surface area contributed by atoms with Gasteiger partial charge in [-0.1, -0.05) is 74.7 Å². The van der Waals surface area contributed by atoms with Gasteiger partial charge in [0.2, 0.25) is 0 Å². The smallest absolute Gasteiger partial charge is 0.545 e. The zero-order valence-corrected chi connectivity index (χ0v) is 22.8. The number of carboxylic acids is 1. The summed E-state index contributed by atoms with van der Waals surface area (Å²) in [6, 6.07) is 21.8. The quantitative estimate of drug-likeness (QED) is 0.415. The first-order valence-corrected chi connectivity index (χ1v) is 11.8. The van der Waals surface area contributed by atoms with Gasteiger partial charge < -0.3 is 14.8 Å². The van der Waals surface area contributed by atoms with Crippen molar-refractivity contribution < 1.29 is 44.3 Å². The third-order valence-electron chi connectivity index (χ3n) is 5.75. The first-order chi connectivity index (χ1) is 15.9. The van der Waals surface area contributed by atoms with Crippen LogP contribution in [0, 0.1) is 0 Å². The molecule has 0 radical (unpaired) electrons. The third kappa shape index (κ3) is 7.44. The molecule has 0 aliphatic rings. The summed E-state index contributed by atoms with van der Waals surface area (Å²) in [4.78, 5) is 26.8. The number of aromatic carboxylic acids is 1. The Hall–Kier alpha value is -2.11. The fourth-order valence-electron chi connectivity index (χ4n) is 4.12. The number of benzene rings is 3. The number of rotatable bonds is 10. The van der Waals surface area contributed by atoms with Gasteiger partial charge in [-0.25, -0.2) is 0 Å². The number of nitrogens with zero attached hydrogens (tertiary/aromatic N) is 1. The molecule has 172 valence electrons. The van der Waals surface area contributed by atoms with Crippen LogP contribution in [0.15, 0.2) is 72.8 Å². The van der Waals surface area contributed by atoms with Crippen LogP contribution in [-0.4, -0.2) is 22.8 Å². The van der Waals surface area contributed by atoms with Crippen molar-refractivity contribution in [3.8, 4) is 11.1 Å². The van der Waals surface area contributed by atoms with E-state index in [9.17, 15) is 14.7 Å². The van der Waals surface area contributed by atoms with Crippen LogP contribution < -0.4 is 34.7 Å². The van der Waals surface area contributed by atoms with Gasteiger partial charge in [-0.2, -0.15) is 0 Å². The molecule has 0 aliphatic heterocycles. The molecule has 3 aromatic rings. The molecule has 0 aliphatic carbocycles. The average molecular weight is 486 g/mol. The fourth-order valence-corrected chi connectivity index (χ4v) is 4.25. The van der Waals surface area contributed by atoms with Crippen LogP contribution in [-0.2, 0) is 6.54 Å². The number of halogens is 1. The molecule has 0 N–H and O–H groups in total. The van der Waals surface area contributed by atoms with Gasteiger partial charge >= 0.3 is 29.6 Å². The molecule has 1 amide bonds. The second kappa shape index (κ2) is 13.7. The van der Waals surface area contributed by atoms with Crippen molar-refractivity contribution in [3.05, 3.63) is 94.5 Å². The number of carbonyl (C=O) groups excluding carboxylic acids is 2. The van der Waals surface area contributed by atoms with Crippen molar-refractivity contribution in [3.63, 3.8) is 0 Å². The summed E-state index contributed by atoms with van der Waals surface area (Å²) in [7, 11) is 0. The van der Waals surface area contributed by atoms with Gasteiger partial charge in [0.15, 0.2) is 0 Å². The molecule has 0 heterocycles. The molecule has 3 aromatic carbocycles. The minimum Gasteiger partial charge on any atom is -0.545 e. The maximum atomic E-state index is 13.5. The van der Waals surface area contributed by atoms with E-state index in [2.05, 4.69) is 13.8 Å². The van der Waals surface area contributed by atoms with Gasteiger partial charge in [0.25, 0.3) is 5.91 Å². The Morgan fingerprint density at radius 2 is 1.44 bits per heavy atom. The zero-order chi connectivity index (χ0) is 23.8. The molecular weight excluding hydrogens is 457 g/mol. The Balaban J connectivity index is 0.00000408. The van der Waals surface area contributed by atoms with Gasteiger partial charge in [0.1, 0.15) is 0 Å². The summed E-state index contributed by atoms with van der Waals surface area (Å²) < 4.78 is 0. The van der Waals surface area contributed by atoms with Gasteiger partial charge in [0.05, 0.1) is 5.97 Å². The first-order valence-electron chi connectivity index (χ1n) is 11.4. The molecule has 0 spiro atoms. The predicted octanol–water partition coefficient (Wildman–Crippen LogP) is 2.99. The van der Waals surface area contributed by atoms with E-state index in [0.29, 0.717) is 17.1 Å². The predicted molar refractivity (Wildman–Crippen MR) is 131 cm³/mol. The maximum Gasteiger partial charge on any atom is 1.00 e. The minimum atomic E-state index is -1.20. The summed E-state index contributed by atoms with van der Waals surface area (Å²) in [5.41, 5.74) is 3.45. The Kier molecular flexibility index (Phi) is 11.3. The number of carbonyl (C=O) groups is 2. The summed E-state index contributed by atoms with van der Waals surface area (Å²) >= 11 is 6.03. The zero-order valence-electron chi connectivity index (χ0n) is 20.1. The fraction of sp³-hybridized carbons (Fsp3) is 0.286. The van der Waals surface area contributed by atoms with E-state index in [-0.39, 0.29) is 47.1 Å². The van der Waals surface area contributed by atoms with E-state index in [1.807, 2.05) is 35.2 Å². The van der Waals surface area contributed by atoms with Crippen LogP contribution in [0.3, 0.4) is 0 Å². The third-order valence-corrected chi connectivity index (χ3v) is 6.00. The van der Waals surface area contributed by atoms with Crippen molar-refractivity contribution in [2.24, 2.45) is 0 Å². The number of amides is 1. The van der Waals surface area contributed by atoms with Crippen LogP contribution in [0.5, 0.6) is 0 Å². The molecule has 0 atom stereocenters. The van der Waals surface area contributed by atoms with Crippen LogP contribution in [0.4, 0.5) is 0 Å². The van der Waals surface area contributed by atoms with E-state index >= 15 is 0 Å². The molecule has 6 heteroatoms. The molecule has 0 bridgehead atoms. The Bertz CT molecular complexity index is 1090. The monoisotopic (exact) mass is 485 g/mol. The Morgan fingerprint density at radius 3 is 2.03 bits per heavy atom. The van der Waals surface area contributed by atoms with Crippen molar-refractivity contribution in [2.75, 3.05) is 0 Å². The molecule has 34 heavy (non-hydrogen) atoms. The molecule has 0 unspecified atom stereocenters.